The van der Waals surface area contributed by atoms with Gasteiger partial charge in [-0.3, -0.25) is 14.9 Å². The summed E-state index contributed by atoms with van der Waals surface area (Å²) in [6.07, 6.45) is 0. The van der Waals surface area contributed by atoms with Crippen molar-refractivity contribution in [3.63, 3.8) is 0 Å². The number of benzene rings is 2. The number of nitrogens with zero attached hydrogens (tertiary/aromatic N) is 1. The van der Waals surface area contributed by atoms with Crippen LogP contribution in [0.4, 0.5) is 17.1 Å². The number of nitro groups is 1. The molecule has 0 spiro atoms. The quantitative estimate of drug-likeness (QED) is 0.513. The molecule has 108 valence electrons. The molecule has 0 unspecified atom stereocenters. The number of nitrogens with one attached hydrogen (secondary N) is 1. The largest absolute Gasteiger partial charge is 0.398 e. The summed E-state index contributed by atoms with van der Waals surface area (Å²) in [5, 5.41) is 13.5. The second-order valence-corrected chi connectivity index (χ2v) is 5.47. The highest BCUT2D eigenvalue weighted by Crippen LogP contribution is 2.32. The van der Waals surface area contributed by atoms with Gasteiger partial charge in [0.25, 0.3) is 5.69 Å². The molecule has 0 heterocycles. The van der Waals surface area contributed by atoms with Crippen molar-refractivity contribution in [2.75, 3.05) is 11.1 Å². The molecular formula is C14H13N3O3S. The van der Waals surface area contributed by atoms with Gasteiger partial charge in [0.05, 0.1) is 4.92 Å². The predicted molar refractivity (Wildman–Crippen MR) is 82.4 cm³/mol. The van der Waals surface area contributed by atoms with Crippen LogP contribution in [0.3, 0.4) is 0 Å². The number of nitrogens with two attached hydrogens (primary N) is 1. The Morgan fingerprint density at radius 3 is 2.43 bits per heavy atom. The fourth-order valence-electron chi connectivity index (χ4n) is 1.72. The fraction of sp³-hybridized carbons (Fsp3) is 0.0714. The number of nitro benzene ring substituents is 1. The molecule has 3 N–H and O–H groups in total. The predicted octanol–water partition coefficient (Wildman–Crippen LogP) is 3.29. The third-order valence-corrected chi connectivity index (χ3v) is 3.51. The van der Waals surface area contributed by atoms with Crippen LogP contribution in [-0.2, 0) is 4.79 Å². The van der Waals surface area contributed by atoms with Crippen LogP contribution in [0, 0.1) is 10.1 Å². The van der Waals surface area contributed by atoms with E-state index in [1.165, 1.54) is 30.8 Å². The van der Waals surface area contributed by atoms with E-state index in [2.05, 4.69) is 5.32 Å². The molecule has 0 radical (unpaired) electrons. The first kappa shape index (κ1) is 14.9. The SMILES string of the molecule is CC(=O)Nc1ccc(Sc2cc(N)cc([N+](=O)[O-])c2)cc1. The van der Waals surface area contributed by atoms with Crippen molar-refractivity contribution in [2.45, 2.75) is 16.7 Å². The summed E-state index contributed by atoms with van der Waals surface area (Å²) >= 11 is 1.36. The molecule has 0 atom stereocenters. The number of rotatable bonds is 4. The monoisotopic (exact) mass is 303 g/mol. The molecule has 0 saturated heterocycles. The van der Waals surface area contributed by atoms with E-state index < -0.39 is 4.92 Å². The van der Waals surface area contributed by atoms with Crippen molar-refractivity contribution in [1.82, 2.24) is 0 Å². The summed E-state index contributed by atoms with van der Waals surface area (Å²) < 4.78 is 0. The molecule has 2 aromatic carbocycles. The Labute approximate surface area is 125 Å². The molecule has 7 heteroatoms. The smallest absolute Gasteiger partial charge is 0.272 e. The van der Waals surface area contributed by atoms with Gasteiger partial charge in [0.2, 0.25) is 5.91 Å². The molecule has 21 heavy (non-hydrogen) atoms. The first-order valence-electron chi connectivity index (χ1n) is 6.04. The molecule has 1 amide bonds. The van der Waals surface area contributed by atoms with Gasteiger partial charge >= 0.3 is 0 Å². The lowest BCUT2D eigenvalue weighted by Gasteiger charge is -2.05. The summed E-state index contributed by atoms with van der Waals surface area (Å²) in [6.45, 7) is 1.44. The minimum absolute atomic E-state index is 0.0348. The molecule has 0 aliphatic heterocycles. The number of non-ortho nitro benzene ring substituents is 1. The summed E-state index contributed by atoms with van der Waals surface area (Å²) in [4.78, 5) is 22.8. The van der Waals surface area contributed by atoms with E-state index in [1.807, 2.05) is 12.1 Å². The molecule has 0 aliphatic carbocycles. The topological polar surface area (TPSA) is 98.3 Å². The van der Waals surface area contributed by atoms with Crippen LogP contribution < -0.4 is 11.1 Å². The van der Waals surface area contributed by atoms with E-state index >= 15 is 0 Å². The number of carbonyl (C=O) groups is 1. The zero-order valence-corrected chi connectivity index (χ0v) is 12.0. The third-order valence-electron chi connectivity index (χ3n) is 2.53. The molecule has 2 rings (SSSR count). The van der Waals surface area contributed by atoms with Crippen molar-refractivity contribution in [3.8, 4) is 0 Å². The Morgan fingerprint density at radius 2 is 1.86 bits per heavy atom. The van der Waals surface area contributed by atoms with Crippen molar-refractivity contribution in [1.29, 1.82) is 0 Å². The lowest BCUT2D eigenvalue weighted by molar-refractivity contribution is -0.385. The first-order valence-corrected chi connectivity index (χ1v) is 6.86. The number of carbonyl (C=O) groups excluding carboxylic acids is 1. The van der Waals surface area contributed by atoms with E-state index in [1.54, 1.807) is 18.2 Å². The first-order chi connectivity index (χ1) is 9.94. The lowest BCUT2D eigenvalue weighted by Crippen LogP contribution is -2.05. The lowest BCUT2D eigenvalue weighted by atomic mass is 10.3. The molecule has 0 fully saturated rings. The molecule has 0 aliphatic rings. The Balaban J connectivity index is 2.18. The Hall–Kier alpha value is -2.54. The fourth-order valence-corrected chi connectivity index (χ4v) is 2.63. The van der Waals surface area contributed by atoms with Gasteiger partial charge in [-0.05, 0) is 30.3 Å². The standard InChI is InChI=1S/C14H13N3O3S/c1-9(18)16-11-2-4-13(5-3-11)21-14-7-10(15)6-12(8-14)17(19)20/h2-8H,15H2,1H3,(H,16,18). The second-order valence-electron chi connectivity index (χ2n) is 4.32. The highest BCUT2D eigenvalue weighted by atomic mass is 32.2. The summed E-state index contributed by atoms with van der Waals surface area (Å²) in [6, 6.07) is 11.7. The van der Waals surface area contributed by atoms with Crippen molar-refractivity contribution in [3.05, 3.63) is 52.6 Å². The maximum atomic E-state index is 10.9. The van der Waals surface area contributed by atoms with Crippen LogP contribution in [0.1, 0.15) is 6.92 Å². The van der Waals surface area contributed by atoms with Gasteiger partial charge in [0.1, 0.15) is 0 Å². The number of amides is 1. The minimum atomic E-state index is -0.472. The van der Waals surface area contributed by atoms with Gasteiger partial charge in [0, 0.05) is 40.2 Å². The number of hydrogen-bond donors (Lipinski definition) is 2. The Morgan fingerprint density at radius 1 is 1.19 bits per heavy atom. The molecule has 0 aromatic heterocycles. The third kappa shape index (κ3) is 4.22. The highest BCUT2D eigenvalue weighted by Gasteiger charge is 2.09. The maximum Gasteiger partial charge on any atom is 0.272 e. The zero-order chi connectivity index (χ0) is 15.4. The average molecular weight is 303 g/mol. The van der Waals surface area contributed by atoms with Crippen LogP contribution >= 0.6 is 11.8 Å². The van der Waals surface area contributed by atoms with Crippen molar-refractivity contribution in [2.24, 2.45) is 0 Å². The van der Waals surface area contributed by atoms with Gasteiger partial charge < -0.3 is 11.1 Å². The van der Waals surface area contributed by atoms with E-state index in [0.717, 1.165) is 4.90 Å². The van der Waals surface area contributed by atoms with Crippen LogP contribution in [0.15, 0.2) is 52.3 Å². The van der Waals surface area contributed by atoms with Crippen LogP contribution in [0.5, 0.6) is 0 Å². The van der Waals surface area contributed by atoms with E-state index in [9.17, 15) is 14.9 Å². The maximum absolute atomic E-state index is 10.9. The average Bonchev–Trinajstić information content (AvgIpc) is 2.39. The van der Waals surface area contributed by atoms with Crippen LogP contribution in [0.25, 0.3) is 0 Å². The van der Waals surface area contributed by atoms with Gasteiger partial charge in [-0.1, -0.05) is 11.8 Å². The normalized spacial score (nSPS) is 10.1. The van der Waals surface area contributed by atoms with Crippen molar-refractivity contribution < 1.29 is 9.72 Å². The van der Waals surface area contributed by atoms with Gasteiger partial charge in [-0.15, -0.1) is 0 Å². The molecular weight excluding hydrogens is 290 g/mol. The Kier molecular flexibility index (Phi) is 4.44. The number of nitrogen functional groups attached to an aromatic ring is 1. The summed E-state index contributed by atoms with van der Waals surface area (Å²) in [5.41, 5.74) is 6.68. The molecule has 6 nitrogen and oxygen atoms in total. The second kappa shape index (κ2) is 6.27. The van der Waals surface area contributed by atoms with Crippen molar-refractivity contribution >= 4 is 34.7 Å². The number of hydrogen-bond acceptors (Lipinski definition) is 5. The molecule has 2 aromatic rings. The summed E-state index contributed by atoms with van der Waals surface area (Å²) in [7, 11) is 0. The van der Waals surface area contributed by atoms with Gasteiger partial charge in [-0.25, -0.2) is 0 Å². The number of anilines is 2. The highest BCUT2D eigenvalue weighted by molar-refractivity contribution is 7.99. The van der Waals surface area contributed by atoms with E-state index in [-0.39, 0.29) is 11.6 Å². The van der Waals surface area contributed by atoms with Gasteiger partial charge in [-0.2, -0.15) is 0 Å². The molecule has 0 bridgehead atoms. The van der Waals surface area contributed by atoms with E-state index in [4.69, 9.17) is 5.73 Å². The van der Waals surface area contributed by atoms with Gasteiger partial charge in [0.15, 0.2) is 0 Å². The van der Waals surface area contributed by atoms with E-state index in [0.29, 0.717) is 16.3 Å². The van der Waals surface area contributed by atoms with Crippen LogP contribution in [-0.4, -0.2) is 10.8 Å². The Bertz CT molecular complexity index is 686. The van der Waals surface area contributed by atoms with Crippen LogP contribution in [0.2, 0.25) is 0 Å². The molecule has 0 saturated carbocycles. The summed E-state index contributed by atoms with van der Waals surface area (Å²) in [5.74, 6) is -0.137. The zero-order valence-electron chi connectivity index (χ0n) is 11.2. The minimum Gasteiger partial charge on any atom is -0.398 e.